The highest BCUT2D eigenvalue weighted by Crippen LogP contribution is 2.35. The molecule has 1 fully saturated rings. The number of rotatable bonds is 5. The lowest BCUT2D eigenvalue weighted by atomic mass is 10.2. The SMILES string of the molecule is O=C(CN1CCN(S(=O)(=O)c2ccccc2C(F)(F)F)CC1)Nc1ccc(F)c(F)c1F. The largest absolute Gasteiger partial charge is 0.417 e. The fourth-order valence-electron chi connectivity index (χ4n) is 3.21. The monoisotopic (exact) mass is 481 g/mol. The van der Waals surface area contributed by atoms with Crippen LogP contribution >= 0.6 is 0 Å². The van der Waals surface area contributed by atoms with Crippen molar-refractivity contribution in [3.63, 3.8) is 0 Å². The Kier molecular flexibility index (Phi) is 6.81. The standard InChI is InChI=1S/C19H17F6N3O3S/c20-13-5-6-14(18(22)17(13)21)26-16(29)11-27-7-9-28(10-8-27)32(30,31)15-4-2-1-3-12(15)19(23,24)25/h1-6H,7-11H2,(H,26,29). The number of sulfonamides is 1. The van der Waals surface area contributed by atoms with Crippen LogP contribution in [0.1, 0.15) is 5.56 Å². The van der Waals surface area contributed by atoms with Gasteiger partial charge in [0.05, 0.1) is 22.7 Å². The maximum Gasteiger partial charge on any atom is 0.417 e. The summed E-state index contributed by atoms with van der Waals surface area (Å²) in [5.74, 6) is -5.46. The summed E-state index contributed by atoms with van der Waals surface area (Å²) >= 11 is 0. The molecule has 3 rings (SSSR count). The lowest BCUT2D eigenvalue weighted by molar-refractivity contribution is -0.140. The zero-order valence-corrected chi connectivity index (χ0v) is 17.1. The van der Waals surface area contributed by atoms with Crippen LogP contribution < -0.4 is 5.32 Å². The number of piperazine rings is 1. The van der Waals surface area contributed by atoms with E-state index in [2.05, 4.69) is 5.32 Å². The molecule has 0 saturated carbocycles. The van der Waals surface area contributed by atoms with Gasteiger partial charge in [-0.25, -0.2) is 21.6 Å². The molecule has 0 radical (unpaired) electrons. The molecular weight excluding hydrogens is 464 g/mol. The van der Waals surface area contributed by atoms with E-state index in [1.54, 1.807) is 0 Å². The van der Waals surface area contributed by atoms with Gasteiger partial charge in [0, 0.05) is 26.2 Å². The molecule has 1 N–H and O–H groups in total. The molecule has 1 amide bonds. The Bertz CT molecular complexity index is 1120. The molecule has 0 aliphatic carbocycles. The Labute approximate surface area is 179 Å². The third-order valence-corrected chi connectivity index (χ3v) is 6.77. The first-order valence-corrected chi connectivity index (χ1v) is 10.7. The van der Waals surface area contributed by atoms with Crippen LogP contribution in [0.4, 0.5) is 32.0 Å². The molecular formula is C19H17F6N3O3S. The summed E-state index contributed by atoms with van der Waals surface area (Å²) in [4.78, 5) is 12.7. The average Bonchev–Trinajstić information content (AvgIpc) is 2.74. The molecule has 1 saturated heterocycles. The number of amides is 1. The number of hydrogen-bond acceptors (Lipinski definition) is 4. The first-order chi connectivity index (χ1) is 14.9. The van der Waals surface area contributed by atoms with Crippen molar-refractivity contribution in [3.05, 3.63) is 59.4 Å². The minimum absolute atomic E-state index is 0.0150. The summed E-state index contributed by atoms with van der Waals surface area (Å²) in [6.45, 7) is -0.643. The third-order valence-electron chi connectivity index (χ3n) is 4.82. The molecule has 1 aliphatic heterocycles. The van der Waals surface area contributed by atoms with Crippen molar-refractivity contribution in [1.29, 1.82) is 0 Å². The van der Waals surface area contributed by atoms with Crippen molar-refractivity contribution in [2.75, 3.05) is 38.0 Å². The molecule has 0 bridgehead atoms. The van der Waals surface area contributed by atoms with Gasteiger partial charge in [0.15, 0.2) is 17.5 Å². The molecule has 0 spiro atoms. The Hall–Kier alpha value is -2.64. The van der Waals surface area contributed by atoms with Gasteiger partial charge in [-0.05, 0) is 24.3 Å². The van der Waals surface area contributed by atoms with E-state index < -0.39 is 55.7 Å². The Balaban J connectivity index is 1.63. The lowest BCUT2D eigenvalue weighted by Gasteiger charge is -2.34. The van der Waals surface area contributed by atoms with Gasteiger partial charge in [0.1, 0.15) is 0 Å². The molecule has 1 aliphatic rings. The Morgan fingerprint density at radius 1 is 0.938 bits per heavy atom. The minimum atomic E-state index is -4.85. The molecule has 1 heterocycles. The van der Waals surface area contributed by atoms with E-state index in [0.717, 1.165) is 22.5 Å². The van der Waals surface area contributed by atoms with E-state index in [1.165, 1.54) is 11.0 Å². The van der Waals surface area contributed by atoms with Gasteiger partial charge in [-0.15, -0.1) is 0 Å². The number of carbonyl (C=O) groups is 1. The van der Waals surface area contributed by atoms with Crippen LogP contribution in [0, 0.1) is 17.5 Å². The van der Waals surface area contributed by atoms with E-state index in [4.69, 9.17) is 0 Å². The van der Waals surface area contributed by atoms with E-state index in [9.17, 15) is 39.6 Å². The fourth-order valence-corrected chi connectivity index (χ4v) is 4.84. The highest BCUT2D eigenvalue weighted by Gasteiger charge is 2.39. The summed E-state index contributed by atoms with van der Waals surface area (Å²) in [5, 5.41) is 2.10. The van der Waals surface area contributed by atoms with Crippen molar-refractivity contribution in [3.8, 4) is 0 Å². The van der Waals surface area contributed by atoms with Crippen LogP contribution in [0.3, 0.4) is 0 Å². The number of carbonyl (C=O) groups excluding carboxylic acids is 1. The van der Waals surface area contributed by atoms with Crippen LogP contribution in [0.25, 0.3) is 0 Å². The summed E-state index contributed by atoms with van der Waals surface area (Å²) in [6, 6.07) is 5.36. The minimum Gasteiger partial charge on any atom is -0.322 e. The highest BCUT2D eigenvalue weighted by molar-refractivity contribution is 7.89. The first kappa shape index (κ1) is 24.0. The highest BCUT2D eigenvalue weighted by atomic mass is 32.2. The van der Waals surface area contributed by atoms with Crippen molar-refractivity contribution >= 4 is 21.6 Å². The number of hydrogen-bond donors (Lipinski definition) is 1. The van der Waals surface area contributed by atoms with Crippen LogP contribution in [0.15, 0.2) is 41.3 Å². The second-order valence-corrected chi connectivity index (χ2v) is 8.85. The van der Waals surface area contributed by atoms with Crippen LogP contribution in [0.5, 0.6) is 0 Å². The lowest BCUT2D eigenvalue weighted by Crippen LogP contribution is -2.50. The van der Waals surface area contributed by atoms with Crippen molar-refractivity contribution in [1.82, 2.24) is 9.21 Å². The van der Waals surface area contributed by atoms with Gasteiger partial charge in [-0.3, -0.25) is 9.69 Å². The zero-order chi connectivity index (χ0) is 23.7. The summed E-state index contributed by atoms with van der Waals surface area (Å²) in [6.07, 6.45) is -4.85. The normalized spacial score (nSPS) is 16.2. The van der Waals surface area contributed by atoms with E-state index in [1.807, 2.05) is 0 Å². The zero-order valence-electron chi connectivity index (χ0n) is 16.3. The molecule has 0 unspecified atom stereocenters. The van der Waals surface area contributed by atoms with E-state index >= 15 is 0 Å². The summed E-state index contributed by atoms with van der Waals surface area (Å²) in [5.41, 5.74) is -1.82. The molecule has 174 valence electrons. The van der Waals surface area contributed by atoms with Crippen LogP contribution in [-0.4, -0.2) is 56.3 Å². The molecule has 6 nitrogen and oxygen atoms in total. The van der Waals surface area contributed by atoms with Gasteiger partial charge in [-0.2, -0.15) is 17.5 Å². The van der Waals surface area contributed by atoms with Gasteiger partial charge in [0.25, 0.3) is 0 Å². The molecule has 2 aromatic carbocycles. The maximum atomic E-state index is 13.7. The van der Waals surface area contributed by atoms with Crippen molar-refractivity contribution in [2.45, 2.75) is 11.1 Å². The number of alkyl halides is 3. The maximum absolute atomic E-state index is 13.7. The van der Waals surface area contributed by atoms with Crippen molar-refractivity contribution in [2.24, 2.45) is 0 Å². The average molecular weight is 481 g/mol. The number of halogens is 6. The number of nitrogens with one attached hydrogen (secondary N) is 1. The predicted octanol–water partition coefficient (Wildman–Crippen LogP) is 3.07. The fraction of sp³-hybridized carbons (Fsp3) is 0.316. The summed E-state index contributed by atoms with van der Waals surface area (Å²) < 4.78 is 106. The Morgan fingerprint density at radius 2 is 1.56 bits per heavy atom. The smallest absolute Gasteiger partial charge is 0.322 e. The van der Waals surface area contributed by atoms with E-state index in [0.29, 0.717) is 12.1 Å². The molecule has 2 aromatic rings. The van der Waals surface area contributed by atoms with Gasteiger partial charge < -0.3 is 5.32 Å². The molecule has 32 heavy (non-hydrogen) atoms. The molecule has 13 heteroatoms. The number of nitrogens with zero attached hydrogens (tertiary/aromatic N) is 2. The second-order valence-electron chi connectivity index (χ2n) is 6.95. The van der Waals surface area contributed by atoms with Gasteiger partial charge in [-0.1, -0.05) is 12.1 Å². The topological polar surface area (TPSA) is 69.7 Å². The van der Waals surface area contributed by atoms with Crippen LogP contribution in [-0.2, 0) is 21.0 Å². The van der Waals surface area contributed by atoms with Crippen molar-refractivity contribution < 1.29 is 39.6 Å². The molecule has 0 aromatic heterocycles. The van der Waals surface area contributed by atoms with Crippen LogP contribution in [0.2, 0.25) is 0 Å². The third kappa shape index (κ3) is 5.05. The van der Waals surface area contributed by atoms with Gasteiger partial charge >= 0.3 is 6.18 Å². The van der Waals surface area contributed by atoms with Gasteiger partial charge in [0.2, 0.25) is 15.9 Å². The number of benzene rings is 2. The quantitative estimate of drug-likeness (QED) is 0.527. The molecule has 0 atom stereocenters. The number of anilines is 1. The first-order valence-electron chi connectivity index (χ1n) is 9.23. The second kappa shape index (κ2) is 9.08. The summed E-state index contributed by atoms with van der Waals surface area (Å²) in [7, 11) is -4.43. The van der Waals surface area contributed by atoms with E-state index in [-0.39, 0.29) is 32.7 Å². The predicted molar refractivity (Wildman–Crippen MR) is 102 cm³/mol. The Morgan fingerprint density at radius 3 is 2.19 bits per heavy atom.